The van der Waals surface area contributed by atoms with Gasteiger partial charge in [0.05, 0.1) is 11.1 Å². The minimum atomic E-state index is -1.13. The van der Waals surface area contributed by atoms with Gasteiger partial charge in [0.25, 0.3) is 5.91 Å². The van der Waals surface area contributed by atoms with Gasteiger partial charge in [0, 0.05) is 13.0 Å². The standard InChI is InChI=1S/C9H12N2O4/c1-5-7-6(15-9(5)11(13)14)3-2-4-10-8(7)12/h11,13H,2-4H2,1H3,(H,10,12). The van der Waals surface area contributed by atoms with Crippen molar-refractivity contribution in [3.8, 4) is 0 Å². The van der Waals surface area contributed by atoms with Crippen LogP contribution in [0.15, 0.2) is 4.42 Å². The van der Waals surface area contributed by atoms with Crippen LogP contribution in [-0.2, 0) is 6.42 Å². The molecule has 2 rings (SSSR count). The quantitative estimate of drug-likeness (QED) is 0.556. The molecule has 15 heavy (non-hydrogen) atoms. The first-order valence-corrected chi connectivity index (χ1v) is 4.75. The number of nitrogens with one attached hydrogen (secondary N) is 2. The van der Waals surface area contributed by atoms with Crippen molar-refractivity contribution in [2.75, 3.05) is 6.54 Å². The molecule has 0 aliphatic carbocycles. The predicted molar refractivity (Wildman–Crippen MR) is 49.9 cm³/mol. The molecule has 1 unspecified atom stereocenters. The third-order valence-electron chi connectivity index (χ3n) is 2.51. The predicted octanol–water partition coefficient (Wildman–Crippen LogP) is -0.333. The Bertz CT molecular complexity index is 397. The highest BCUT2D eigenvalue weighted by molar-refractivity contribution is 5.97. The van der Waals surface area contributed by atoms with Crippen molar-refractivity contribution in [1.82, 2.24) is 5.32 Å². The summed E-state index contributed by atoms with van der Waals surface area (Å²) in [5, 5.41) is 21.2. The van der Waals surface area contributed by atoms with E-state index < -0.39 is 5.23 Å². The van der Waals surface area contributed by atoms with Crippen molar-refractivity contribution in [1.29, 1.82) is 0 Å². The SMILES string of the molecule is Cc1c([NH+]([O-])O)oc2c1C(=O)NCCC2. The van der Waals surface area contributed by atoms with Crippen LogP contribution >= 0.6 is 0 Å². The van der Waals surface area contributed by atoms with Crippen LogP contribution in [0, 0.1) is 12.1 Å². The number of rotatable bonds is 1. The van der Waals surface area contributed by atoms with Gasteiger partial charge in [-0.05, 0) is 13.3 Å². The van der Waals surface area contributed by atoms with E-state index in [0.717, 1.165) is 6.42 Å². The van der Waals surface area contributed by atoms with Gasteiger partial charge >= 0.3 is 5.88 Å². The van der Waals surface area contributed by atoms with Crippen LogP contribution in [0.5, 0.6) is 0 Å². The maximum atomic E-state index is 11.6. The van der Waals surface area contributed by atoms with Gasteiger partial charge in [0.15, 0.2) is 0 Å². The summed E-state index contributed by atoms with van der Waals surface area (Å²) in [4.78, 5) is 11.6. The summed E-state index contributed by atoms with van der Waals surface area (Å²) in [6.07, 6.45) is 1.37. The van der Waals surface area contributed by atoms with Crippen molar-refractivity contribution in [2.24, 2.45) is 0 Å². The first kappa shape index (κ1) is 10.2. The lowest BCUT2D eigenvalue weighted by Crippen LogP contribution is -2.99. The molecule has 0 radical (unpaired) electrons. The molecule has 1 amide bonds. The molecular weight excluding hydrogens is 200 g/mol. The van der Waals surface area contributed by atoms with Gasteiger partial charge in [-0.15, -0.1) is 0 Å². The maximum absolute atomic E-state index is 11.6. The molecule has 1 aliphatic rings. The van der Waals surface area contributed by atoms with Gasteiger partial charge in [-0.25, -0.2) is 5.21 Å². The summed E-state index contributed by atoms with van der Waals surface area (Å²) in [6.45, 7) is 2.20. The molecule has 0 saturated heterocycles. The summed E-state index contributed by atoms with van der Waals surface area (Å²) in [5.41, 5.74) is 0.807. The van der Waals surface area contributed by atoms with E-state index >= 15 is 0 Å². The summed E-state index contributed by atoms with van der Waals surface area (Å²) < 4.78 is 5.19. The van der Waals surface area contributed by atoms with E-state index in [2.05, 4.69) is 5.32 Å². The van der Waals surface area contributed by atoms with E-state index in [1.54, 1.807) is 6.92 Å². The zero-order valence-corrected chi connectivity index (χ0v) is 8.29. The Morgan fingerprint density at radius 2 is 2.33 bits per heavy atom. The largest absolute Gasteiger partial charge is 0.592 e. The van der Waals surface area contributed by atoms with Crippen LogP contribution in [0.2, 0.25) is 0 Å². The molecule has 0 saturated carbocycles. The van der Waals surface area contributed by atoms with Crippen LogP contribution in [0.4, 0.5) is 5.88 Å². The van der Waals surface area contributed by atoms with E-state index in [0.29, 0.717) is 29.9 Å². The number of fused-ring (bicyclic) bond motifs is 1. The second kappa shape index (κ2) is 3.65. The molecule has 0 fully saturated rings. The Hall–Kier alpha value is -1.37. The average Bonchev–Trinajstić information content (AvgIpc) is 2.38. The number of amides is 1. The van der Waals surface area contributed by atoms with Gasteiger partial charge in [-0.1, -0.05) is 0 Å². The minimum Gasteiger partial charge on any atom is -0.592 e. The Labute approximate surface area is 86.0 Å². The van der Waals surface area contributed by atoms with E-state index in [1.807, 2.05) is 0 Å². The number of hydrogen-bond donors (Lipinski definition) is 3. The van der Waals surface area contributed by atoms with Crippen molar-refractivity contribution in [3.05, 3.63) is 22.1 Å². The van der Waals surface area contributed by atoms with E-state index in [-0.39, 0.29) is 11.8 Å². The maximum Gasteiger partial charge on any atom is 0.332 e. The highest BCUT2D eigenvalue weighted by Gasteiger charge is 2.27. The molecule has 0 aromatic carbocycles. The molecular formula is C9H12N2O4. The van der Waals surface area contributed by atoms with Crippen LogP contribution in [-0.4, -0.2) is 17.7 Å². The van der Waals surface area contributed by atoms with E-state index in [4.69, 9.17) is 9.62 Å². The van der Waals surface area contributed by atoms with Crippen molar-refractivity contribution in [3.63, 3.8) is 0 Å². The number of quaternary nitrogens is 1. The lowest BCUT2D eigenvalue weighted by molar-refractivity contribution is -0.997. The number of furan rings is 1. The Balaban J connectivity index is 2.52. The highest BCUT2D eigenvalue weighted by atomic mass is 16.8. The fourth-order valence-corrected chi connectivity index (χ4v) is 1.79. The van der Waals surface area contributed by atoms with E-state index in [1.165, 1.54) is 0 Å². The Morgan fingerprint density at radius 1 is 1.60 bits per heavy atom. The molecule has 6 nitrogen and oxygen atoms in total. The van der Waals surface area contributed by atoms with Crippen molar-refractivity contribution < 1.29 is 19.6 Å². The first-order valence-electron chi connectivity index (χ1n) is 4.75. The zero-order valence-electron chi connectivity index (χ0n) is 8.29. The molecule has 0 spiro atoms. The number of aryl methyl sites for hydroxylation is 1. The number of hydrogen-bond acceptors (Lipinski definition) is 4. The summed E-state index contributed by atoms with van der Waals surface area (Å²) in [5.74, 6) is 0.119. The summed E-state index contributed by atoms with van der Waals surface area (Å²) in [6, 6.07) is 0. The molecule has 1 aromatic rings. The fourth-order valence-electron chi connectivity index (χ4n) is 1.79. The third kappa shape index (κ3) is 1.63. The second-order valence-corrected chi connectivity index (χ2v) is 3.52. The molecule has 82 valence electrons. The van der Waals surface area contributed by atoms with Gasteiger partial charge in [-0.2, -0.15) is 5.23 Å². The number of carbonyl (C=O) groups is 1. The van der Waals surface area contributed by atoms with Crippen LogP contribution in [0.25, 0.3) is 0 Å². The number of carbonyl (C=O) groups excluding carboxylic acids is 1. The molecule has 1 aromatic heterocycles. The van der Waals surface area contributed by atoms with Crippen LogP contribution in [0.1, 0.15) is 28.1 Å². The Kier molecular flexibility index (Phi) is 2.47. The Morgan fingerprint density at radius 3 is 3.00 bits per heavy atom. The lowest BCUT2D eigenvalue weighted by Gasteiger charge is -2.08. The van der Waals surface area contributed by atoms with Gasteiger partial charge in [-0.3, -0.25) is 4.79 Å². The average molecular weight is 212 g/mol. The normalized spacial score (nSPS) is 17.9. The van der Waals surface area contributed by atoms with Gasteiger partial charge in [0.2, 0.25) is 0 Å². The first-order chi connectivity index (χ1) is 7.11. The molecule has 3 N–H and O–H groups in total. The monoisotopic (exact) mass is 212 g/mol. The molecule has 0 bridgehead atoms. The minimum absolute atomic E-state index is 0.128. The van der Waals surface area contributed by atoms with E-state index in [9.17, 15) is 10.0 Å². The summed E-state index contributed by atoms with van der Waals surface area (Å²) in [7, 11) is 0. The summed E-state index contributed by atoms with van der Waals surface area (Å²) >= 11 is 0. The van der Waals surface area contributed by atoms with Gasteiger partial charge < -0.3 is 14.9 Å². The molecule has 1 aliphatic heterocycles. The lowest BCUT2D eigenvalue weighted by atomic mass is 10.1. The fraction of sp³-hybridized carbons (Fsp3) is 0.444. The molecule has 1 atom stereocenters. The highest BCUT2D eigenvalue weighted by Crippen LogP contribution is 2.26. The van der Waals surface area contributed by atoms with Crippen LogP contribution < -0.4 is 10.5 Å². The van der Waals surface area contributed by atoms with Crippen LogP contribution in [0.3, 0.4) is 0 Å². The van der Waals surface area contributed by atoms with Crippen molar-refractivity contribution in [2.45, 2.75) is 19.8 Å². The third-order valence-corrected chi connectivity index (χ3v) is 2.51. The van der Waals surface area contributed by atoms with Gasteiger partial charge in [0.1, 0.15) is 5.76 Å². The second-order valence-electron chi connectivity index (χ2n) is 3.52. The molecule has 2 heterocycles. The molecule has 6 heteroatoms. The van der Waals surface area contributed by atoms with Crippen molar-refractivity contribution >= 4 is 11.8 Å². The smallest absolute Gasteiger partial charge is 0.332 e. The zero-order chi connectivity index (χ0) is 11.0. The topological polar surface area (TPSA) is 90.0 Å².